The van der Waals surface area contributed by atoms with Gasteiger partial charge in [0.15, 0.2) is 5.43 Å². The molecule has 0 atom stereocenters. The molecule has 0 spiro atoms. The van der Waals surface area contributed by atoms with Crippen LogP contribution in [0, 0.1) is 6.92 Å². The number of nitrogens with one attached hydrogen (secondary N) is 1. The first kappa shape index (κ1) is 13.0. The molecule has 6 nitrogen and oxygen atoms in total. The minimum atomic E-state index is -0.608. The van der Waals surface area contributed by atoms with Crippen LogP contribution < -0.4 is 11.2 Å². The second-order valence-corrected chi connectivity index (χ2v) is 3.68. The molecule has 0 saturated carbocycles. The molecule has 17 heavy (non-hydrogen) atoms. The number of carbonyl (C=O) groups excluding carboxylic acids is 2. The van der Waals surface area contributed by atoms with Gasteiger partial charge in [-0.1, -0.05) is 0 Å². The molecule has 3 N–H and O–H groups in total. The molecule has 0 saturated heterocycles. The lowest BCUT2D eigenvalue weighted by Gasteiger charge is -2.18. The minimum absolute atomic E-state index is 0.0127. The van der Waals surface area contributed by atoms with Gasteiger partial charge in [-0.05, 0) is 13.8 Å². The largest absolute Gasteiger partial charge is 0.368 e. The number of hydrogen-bond acceptors (Lipinski definition) is 3. The van der Waals surface area contributed by atoms with Crippen LogP contribution in [0.2, 0.25) is 0 Å². The third-order valence-electron chi connectivity index (χ3n) is 2.30. The van der Waals surface area contributed by atoms with Gasteiger partial charge in [0.25, 0.3) is 5.91 Å². The number of aromatic amines is 1. The highest BCUT2D eigenvalue weighted by molar-refractivity contribution is 5.95. The fraction of sp³-hybridized carbons (Fsp3) is 0.364. The van der Waals surface area contributed by atoms with Crippen molar-refractivity contribution in [3.8, 4) is 0 Å². The van der Waals surface area contributed by atoms with E-state index in [0.717, 1.165) is 0 Å². The van der Waals surface area contributed by atoms with Crippen molar-refractivity contribution in [1.82, 2.24) is 9.88 Å². The summed E-state index contributed by atoms with van der Waals surface area (Å²) in [7, 11) is 0. The van der Waals surface area contributed by atoms with E-state index in [4.69, 9.17) is 5.73 Å². The maximum atomic E-state index is 11.9. The van der Waals surface area contributed by atoms with Crippen LogP contribution in [0.4, 0.5) is 0 Å². The van der Waals surface area contributed by atoms with Crippen LogP contribution in [0.25, 0.3) is 0 Å². The molecule has 1 heterocycles. The second-order valence-electron chi connectivity index (χ2n) is 3.68. The van der Waals surface area contributed by atoms with Gasteiger partial charge in [0, 0.05) is 24.5 Å². The van der Waals surface area contributed by atoms with E-state index in [1.54, 1.807) is 13.8 Å². The highest BCUT2D eigenvalue weighted by atomic mass is 16.2. The Bertz CT molecular complexity index is 493. The van der Waals surface area contributed by atoms with Crippen LogP contribution in [0.3, 0.4) is 0 Å². The summed E-state index contributed by atoms with van der Waals surface area (Å²) >= 11 is 0. The first-order chi connectivity index (χ1) is 7.95. The Morgan fingerprint density at radius 3 is 2.59 bits per heavy atom. The third kappa shape index (κ3) is 3.17. The molecule has 1 aromatic rings. The number of amides is 2. The highest BCUT2D eigenvalue weighted by Gasteiger charge is 2.18. The molecule has 2 amide bonds. The summed E-state index contributed by atoms with van der Waals surface area (Å²) in [5.41, 5.74) is 5.35. The molecule has 0 bridgehead atoms. The van der Waals surface area contributed by atoms with E-state index in [0.29, 0.717) is 12.2 Å². The number of nitrogens with zero attached hydrogens (tertiary/aromatic N) is 1. The SMILES string of the molecule is CCN(CC(N)=O)C(=O)c1c[nH]c(C)cc1=O. The van der Waals surface area contributed by atoms with E-state index in [1.807, 2.05) is 0 Å². The van der Waals surface area contributed by atoms with E-state index >= 15 is 0 Å². The number of pyridine rings is 1. The van der Waals surface area contributed by atoms with E-state index < -0.39 is 11.8 Å². The fourth-order valence-corrected chi connectivity index (χ4v) is 1.43. The van der Waals surface area contributed by atoms with Gasteiger partial charge in [-0.2, -0.15) is 0 Å². The summed E-state index contributed by atoms with van der Waals surface area (Å²) in [5, 5.41) is 0. The highest BCUT2D eigenvalue weighted by Crippen LogP contribution is 1.99. The Kier molecular flexibility index (Phi) is 4.03. The zero-order valence-corrected chi connectivity index (χ0v) is 9.82. The molecule has 0 unspecified atom stereocenters. The molecular formula is C11H15N3O3. The lowest BCUT2D eigenvalue weighted by molar-refractivity contribution is -0.118. The van der Waals surface area contributed by atoms with Gasteiger partial charge >= 0.3 is 0 Å². The van der Waals surface area contributed by atoms with Gasteiger partial charge in [-0.25, -0.2) is 0 Å². The quantitative estimate of drug-likeness (QED) is 0.747. The molecule has 6 heteroatoms. The minimum Gasteiger partial charge on any atom is -0.368 e. The normalized spacial score (nSPS) is 10.0. The fourth-order valence-electron chi connectivity index (χ4n) is 1.43. The number of primary amides is 1. The lowest BCUT2D eigenvalue weighted by atomic mass is 10.2. The molecule has 0 aliphatic rings. The van der Waals surface area contributed by atoms with Gasteiger partial charge < -0.3 is 15.6 Å². The van der Waals surface area contributed by atoms with Gasteiger partial charge in [-0.15, -0.1) is 0 Å². The summed E-state index contributed by atoms with van der Waals surface area (Å²) in [4.78, 5) is 38.3. The van der Waals surface area contributed by atoms with Crippen LogP contribution >= 0.6 is 0 Å². The van der Waals surface area contributed by atoms with Crippen LogP contribution in [0.1, 0.15) is 23.0 Å². The number of nitrogens with two attached hydrogens (primary N) is 1. The molecule has 0 aliphatic carbocycles. The van der Waals surface area contributed by atoms with Gasteiger partial charge in [0.1, 0.15) is 5.56 Å². The average molecular weight is 237 g/mol. The Morgan fingerprint density at radius 1 is 1.47 bits per heavy atom. The predicted molar refractivity (Wildman–Crippen MR) is 62.6 cm³/mol. The molecule has 0 fully saturated rings. The van der Waals surface area contributed by atoms with E-state index in [9.17, 15) is 14.4 Å². The van der Waals surface area contributed by atoms with Gasteiger partial charge in [0.05, 0.1) is 6.54 Å². The standard InChI is InChI=1S/C11H15N3O3/c1-3-14(6-10(12)16)11(17)8-5-13-7(2)4-9(8)15/h4-5H,3,6H2,1-2H3,(H2,12,16)(H,13,15). The van der Waals surface area contributed by atoms with E-state index in [2.05, 4.69) is 4.98 Å². The van der Waals surface area contributed by atoms with Gasteiger partial charge in [-0.3, -0.25) is 14.4 Å². The molecule has 0 aromatic carbocycles. The van der Waals surface area contributed by atoms with Gasteiger partial charge in [0.2, 0.25) is 5.91 Å². The van der Waals surface area contributed by atoms with Crippen molar-refractivity contribution in [1.29, 1.82) is 0 Å². The number of aryl methyl sites for hydroxylation is 1. The molecule has 1 aromatic heterocycles. The van der Waals surface area contributed by atoms with Crippen LogP contribution in [-0.4, -0.2) is 34.8 Å². The topological polar surface area (TPSA) is 96.3 Å². The maximum absolute atomic E-state index is 11.9. The number of carbonyl (C=O) groups is 2. The summed E-state index contributed by atoms with van der Waals surface area (Å²) < 4.78 is 0. The summed E-state index contributed by atoms with van der Waals surface area (Å²) in [6.07, 6.45) is 1.35. The monoisotopic (exact) mass is 237 g/mol. The smallest absolute Gasteiger partial charge is 0.259 e. The Hall–Kier alpha value is -2.11. The van der Waals surface area contributed by atoms with Crippen LogP contribution in [-0.2, 0) is 4.79 Å². The number of hydrogen-bond donors (Lipinski definition) is 2. The van der Waals surface area contributed by atoms with Crippen molar-refractivity contribution in [2.75, 3.05) is 13.1 Å². The van der Waals surface area contributed by atoms with Crippen molar-refractivity contribution in [3.63, 3.8) is 0 Å². The summed E-state index contributed by atoms with van der Waals surface area (Å²) in [5.74, 6) is -1.10. The lowest BCUT2D eigenvalue weighted by Crippen LogP contribution is -2.40. The second kappa shape index (κ2) is 5.29. The Morgan fingerprint density at radius 2 is 2.12 bits per heavy atom. The first-order valence-corrected chi connectivity index (χ1v) is 5.22. The number of aromatic nitrogens is 1. The number of H-pyrrole nitrogens is 1. The Labute approximate surface area is 98.4 Å². The predicted octanol–water partition coefficient (Wildman–Crippen LogP) is -0.369. The van der Waals surface area contributed by atoms with Crippen molar-refractivity contribution in [2.24, 2.45) is 5.73 Å². The summed E-state index contributed by atoms with van der Waals surface area (Å²) in [6.45, 7) is 3.55. The molecular weight excluding hydrogens is 222 g/mol. The zero-order valence-electron chi connectivity index (χ0n) is 9.82. The van der Waals surface area contributed by atoms with Crippen molar-refractivity contribution < 1.29 is 9.59 Å². The van der Waals surface area contributed by atoms with E-state index in [1.165, 1.54) is 17.2 Å². The van der Waals surface area contributed by atoms with E-state index in [-0.39, 0.29) is 17.5 Å². The molecule has 1 rings (SSSR count). The third-order valence-corrected chi connectivity index (χ3v) is 2.30. The van der Waals surface area contributed by atoms with Crippen LogP contribution in [0.5, 0.6) is 0 Å². The first-order valence-electron chi connectivity index (χ1n) is 5.22. The molecule has 92 valence electrons. The summed E-state index contributed by atoms with van der Waals surface area (Å²) in [6, 6.07) is 1.34. The number of likely N-dealkylation sites (N-methyl/N-ethyl adjacent to an activating group) is 1. The van der Waals surface area contributed by atoms with Crippen molar-refractivity contribution in [3.05, 3.63) is 33.7 Å². The average Bonchev–Trinajstić information content (AvgIpc) is 2.24. The Balaban J connectivity index is 3.02. The number of rotatable bonds is 4. The zero-order chi connectivity index (χ0) is 13.0. The van der Waals surface area contributed by atoms with Crippen molar-refractivity contribution >= 4 is 11.8 Å². The maximum Gasteiger partial charge on any atom is 0.259 e. The molecule has 0 aliphatic heterocycles. The van der Waals surface area contributed by atoms with Crippen molar-refractivity contribution in [2.45, 2.75) is 13.8 Å². The van der Waals surface area contributed by atoms with Crippen LogP contribution in [0.15, 0.2) is 17.1 Å². The molecule has 0 radical (unpaired) electrons.